The van der Waals surface area contributed by atoms with Gasteiger partial charge in [-0.15, -0.1) is 0 Å². The van der Waals surface area contributed by atoms with E-state index in [9.17, 15) is 13.2 Å². The van der Waals surface area contributed by atoms with E-state index in [0.29, 0.717) is 13.0 Å². The standard InChI is InChI=1S/C15H19NO4S/c1-12-5-8-14(9-6-12)21(18,19)16-11-3-4-13(16)7-10-15(17)20-2/h5-10,13H,3-4,11H2,1-2H3/b10-7+/t13-/m0/s1. The van der Waals surface area contributed by atoms with E-state index in [0.717, 1.165) is 12.0 Å². The number of carbonyl (C=O) groups is 1. The zero-order valence-electron chi connectivity index (χ0n) is 12.2. The van der Waals surface area contributed by atoms with Crippen LogP contribution in [-0.2, 0) is 19.6 Å². The highest BCUT2D eigenvalue weighted by Gasteiger charge is 2.33. The number of rotatable bonds is 4. The van der Waals surface area contributed by atoms with Gasteiger partial charge >= 0.3 is 5.97 Å². The van der Waals surface area contributed by atoms with Crippen molar-refractivity contribution in [1.82, 2.24) is 4.31 Å². The van der Waals surface area contributed by atoms with Crippen LogP contribution in [0.2, 0.25) is 0 Å². The lowest BCUT2D eigenvalue weighted by atomic mass is 10.2. The summed E-state index contributed by atoms with van der Waals surface area (Å²) >= 11 is 0. The largest absolute Gasteiger partial charge is 0.466 e. The topological polar surface area (TPSA) is 63.7 Å². The molecule has 114 valence electrons. The number of sulfonamides is 1. The second-order valence-corrected chi connectivity index (χ2v) is 6.91. The number of ether oxygens (including phenoxy) is 1. The lowest BCUT2D eigenvalue weighted by molar-refractivity contribution is -0.134. The van der Waals surface area contributed by atoms with E-state index in [4.69, 9.17) is 0 Å². The number of esters is 1. The molecular formula is C15H19NO4S. The number of benzene rings is 1. The minimum absolute atomic E-state index is 0.284. The quantitative estimate of drug-likeness (QED) is 0.629. The van der Waals surface area contributed by atoms with Crippen LogP contribution in [0.5, 0.6) is 0 Å². The SMILES string of the molecule is COC(=O)/C=C/[C@@H]1CCCN1S(=O)(=O)c1ccc(C)cc1. The number of carbonyl (C=O) groups excluding carboxylic acids is 1. The number of aryl methyl sites for hydroxylation is 1. The molecule has 1 fully saturated rings. The second kappa shape index (κ2) is 6.41. The van der Waals surface area contributed by atoms with Crippen molar-refractivity contribution < 1.29 is 17.9 Å². The number of hydrogen-bond donors (Lipinski definition) is 0. The normalized spacial score (nSPS) is 20.0. The molecule has 1 aromatic carbocycles. The van der Waals surface area contributed by atoms with Gasteiger partial charge in [0.1, 0.15) is 0 Å². The zero-order chi connectivity index (χ0) is 15.5. The Morgan fingerprint density at radius 3 is 2.62 bits per heavy atom. The van der Waals surface area contributed by atoms with Crippen LogP contribution in [0, 0.1) is 6.92 Å². The van der Waals surface area contributed by atoms with E-state index in [1.165, 1.54) is 17.5 Å². The van der Waals surface area contributed by atoms with Crippen molar-refractivity contribution in [3.8, 4) is 0 Å². The van der Waals surface area contributed by atoms with Crippen LogP contribution in [0.1, 0.15) is 18.4 Å². The molecule has 1 saturated heterocycles. The molecule has 0 unspecified atom stereocenters. The Bertz CT molecular complexity index is 634. The molecule has 0 bridgehead atoms. The van der Waals surface area contributed by atoms with Gasteiger partial charge in [-0.05, 0) is 31.9 Å². The molecule has 2 rings (SSSR count). The molecule has 0 amide bonds. The molecule has 5 nitrogen and oxygen atoms in total. The van der Waals surface area contributed by atoms with Gasteiger partial charge in [-0.1, -0.05) is 23.8 Å². The van der Waals surface area contributed by atoms with Crippen molar-refractivity contribution in [3.63, 3.8) is 0 Å². The maximum atomic E-state index is 12.6. The minimum Gasteiger partial charge on any atom is -0.466 e. The molecule has 1 aliphatic heterocycles. The maximum Gasteiger partial charge on any atom is 0.330 e. The Morgan fingerprint density at radius 2 is 2.00 bits per heavy atom. The third kappa shape index (κ3) is 3.51. The van der Waals surface area contributed by atoms with Crippen LogP contribution < -0.4 is 0 Å². The predicted molar refractivity (Wildman–Crippen MR) is 79.2 cm³/mol. The summed E-state index contributed by atoms with van der Waals surface area (Å²) in [5.41, 5.74) is 1.01. The second-order valence-electron chi connectivity index (χ2n) is 5.02. The molecule has 1 heterocycles. The molecule has 0 radical (unpaired) electrons. The van der Waals surface area contributed by atoms with Crippen molar-refractivity contribution in [2.45, 2.75) is 30.7 Å². The average molecular weight is 309 g/mol. The molecular weight excluding hydrogens is 290 g/mol. The number of nitrogens with zero attached hydrogens (tertiary/aromatic N) is 1. The molecule has 0 saturated carbocycles. The third-order valence-electron chi connectivity index (χ3n) is 3.53. The molecule has 0 N–H and O–H groups in total. The minimum atomic E-state index is -3.53. The van der Waals surface area contributed by atoms with Crippen molar-refractivity contribution in [2.24, 2.45) is 0 Å². The highest BCUT2D eigenvalue weighted by molar-refractivity contribution is 7.89. The Balaban J connectivity index is 2.24. The molecule has 0 spiro atoms. The Kier molecular flexibility index (Phi) is 4.80. The fourth-order valence-electron chi connectivity index (χ4n) is 2.36. The van der Waals surface area contributed by atoms with Crippen LogP contribution >= 0.6 is 0 Å². The third-order valence-corrected chi connectivity index (χ3v) is 5.47. The van der Waals surface area contributed by atoms with Crippen LogP contribution in [0.4, 0.5) is 0 Å². The summed E-state index contributed by atoms with van der Waals surface area (Å²) in [6, 6.07) is 6.49. The van der Waals surface area contributed by atoms with E-state index in [-0.39, 0.29) is 10.9 Å². The van der Waals surface area contributed by atoms with Crippen molar-refractivity contribution in [3.05, 3.63) is 42.0 Å². The first-order valence-electron chi connectivity index (χ1n) is 6.80. The van der Waals surface area contributed by atoms with Gasteiger partial charge in [0.25, 0.3) is 0 Å². The van der Waals surface area contributed by atoms with Crippen LogP contribution in [0.3, 0.4) is 0 Å². The lowest BCUT2D eigenvalue weighted by Crippen LogP contribution is -2.34. The van der Waals surface area contributed by atoms with E-state index in [1.807, 2.05) is 6.92 Å². The fourth-order valence-corrected chi connectivity index (χ4v) is 4.01. The Hall–Kier alpha value is -1.66. The Labute approximate surface area is 125 Å². The van der Waals surface area contributed by atoms with Gasteiger partial charge in [-0.2, -0.15) is 4.31 Å². The van der Waals surface area contributed by atoms with E-state index in [2.05, 4.69) is 4.74 Å². The summed E-state index contributed by atoms with van der Waals surface area (Å²) in [5, 5.41) is 0. The summed E-state index contributed by atoms with van der Waals surface area (Å²) in [6.45, 7) is 2.38. The summed E-state index contributed by atoms with van der Waals surface area (Å²) in [7, 11) is -2.24. The van der Waals surface area contributed by atoms with Crippen LogP contribution in [-0.4, -0.2) is 38.4 Å². The summed E-state index contributed by atoms with van der Waals surface area (Å²) in [6.07, 6.45) is 4.37. The maximum absolute atomic E-state index is 12.6. The average Bonchev–Trinajstić information content (AvgIpc) is 2.94. The van der Waals surface area contributed by atoms with Gasteiger partial charge in [-0.3, -0.25) is 0 Å². The van der Waals surface area contributed by atoms with Crippen LogP contribution in [0.15, 0.2) is 41.3 Å². The van der Waals surface area contributed by atoms with Gasteiger partial charge in [-0.25, -0.2) is 13.2 Å². The molecule has 0 aromatic heterocycles. The van der Waals surface area contributed by atoms with Gasteiger partial charge in [0.05, 0.1) is 12.0 Å². The highest BCUT2D eigenvalue weighted by atomic mass is 32.2. The molecule has 0 aliphatic carbocycles. The summed E-state index contributed by atoms with van der Waals surface area (Å²) < 4.78 is 31.3. The van der Waals surface area contributed by atoms with E-state index in [1.54, 1.807) is 30.3 Å². The first kappa shape index (κ1) is 15.7. The molecule has 6 heteroatoms. The molecule has 1 aliphatic rings. The van der Waals surface area contributed by atoms with Gasteiger partial charge in [0.2, 0.25) is 10.0 Å². The van der Waals surface area contributed by atoms with E-state index < -0.39 is 16.0 Å². The number of methoxy groups -OCH3 is 1. The first-order valence-corrected chi connectivity index (χ1v) is 8.24. The first-order chi connectivity index (χ1) is 9.95. The smallest absolute Gasteiger partial charge is 0.330 e. The monoisotopic (exact) mass is 309 g/mol. The zero-order valence-corrected chi connectivity index (χ0v) is 13.0. The lowest BCUT2D eigenvalue weighted by Gasteiger charge is -2.21. The van der Waals surface area contributed by atoms with Gasteiger partial charge < -0.3 is 4.74 Å². The van der Waals surface area contributed by atoms with Crippen molar-refractivity contribution >= 4 is 16.0 Å². The van der Waals surface area contributed by atoms with Gasteiger partial charge in [0, 0.05) is 18.7 Å². The summed E-state index contributed by atoms with van der Waals surface area (Å²) in [5.74, 6) is -0.477. The Morgan fingerprint density at radius 1 is 1.33 bits per heavy atom. The van der Waals surface area contributed by atoms with Crippen molar-refractivity contribution in [2.75, 3.05) is 13.7 Å². The van der Waals surface area contributed by atoms with Crippen LogP contribution in [0.25, 0.3) is 0 Å². The predicted octanol–water partition coefficient (Wildman–Crippen LogP) is 1.88. The molecule has 1 atom stereocenters. The molecule has 1 aromatic rings. The van der Waals surface area contributed by atoms with Crippen molar-refractivity contribution in [1.29, 1.82) is 0 Å². The molecule has 21 heavy (non-hydrogen) atoms. The highest BCUT2D eigenvalue weighted by Crippen LogP contribution is 2.26. The fraction of sp³-hybridized carbons (Fsp3) is 0.400. The van der Waals surface area contributed by atoms with Gasteiger partial charge in [0.15, 0.2) is 0 Å². The van der Waals surface area contributed by atoms with E-state index >= 15 is 0 Å². The summed E-state index contributed by atoms with van der Waals surface area (Å²) in [4.78, 5) is 11.4. The number of hydrogen-bond acceptors (Lipinski definition) is 4.